The lowest BCUT2D eigenvalue weighted by Crippen LogP contribution is -2.42. The second-order valence-electron chi connectivity index (χ2n) is 9.69. The molecule has 2 amide bonds. The maximum absolute atomic E-state index is 13.9. The maximum Gasteiger partial charge on any atom is 0.245 e. The molecule has 1 saturated heterocycles. The van der Waals surface area contributed by atoms with Crippen LogP contribution in [0.2, 0.25) is 5.02 Å². The van der Waals surface area contributed by atoms with Gasteiger partial charge in [0.25, 0.3) is 0 Å². The zero-order chi connectivity index (χ0) is 26.3. The summed E-state index contributed by atoms with van der Waals surface area (Å²) in [6.45, 7) is 0.257. The molecule has 37 heavy (non-hydrogen) atoms. The van der Waals surface area contributed by atoms with E-state index in [1.54, 1.807) is 28.6 Å². The van der Waals surface area contributed by atoms with Gasteiger partial charge in [-0.1, -0.05) is 54.1 Å². The molecule has 5 rings (SSSR count). The van der Waals surface area contributed by atoms with Crippen molar-refractivity contribution >= 4 is 44.6 Å². The zero-order valence-electron chi connectivity index (χ0n) is 20.0. The highest BCUT2D eigenvalue weighted by Gasteiger charge is 2.55. The molecular formula is C27H27ClN2O5S2. The summed E-state index contributed by atoms with van der Waals surface area (Å²) in [5, 5.41) is 9.88. The highest BCUT2D eigenvalue weighted by molar-refractivity contribution is 7.92. The number of halogens is 1. The Hall–Kier alpha value is -2.72. The van der Waals surface area contributed by atoms with Crippen LogP contribution in [0.3, 0.4) is 0 Å². The van der Waals surface area contributed by atoms with Gasteiger partial charge in [0.1, 0.15) is 4.75 Å². The fourth-order valence-electron chi connectivity index (χ4n) is 5.24. The van der Waals surface area contributed by atoms with Crippen molar-refractivity contribution in [3.63, 3.8) is 0 Å². The predicted octanol–water partition coefficient (Wildman–Crippen LogP) is 4.54. The van der Waals surface area contributed by atoms with Crippen LogP contribution in [0.15, 0.2) is 66.7 Å². The number of sulfone groups is 1. The smallest absolute Gasteiger partial charge is 0.245 e. The van der Waals surface area contributed by atoms with Gasteiger partial charge < -0.3 is 4.90 Å². The SMILES string of the molecule is O=C(CC1(c2ccc(-c3ccc(Cl)cc3)s2)CCN(C(=O)C2(c3ccccc3)CC2)CCS1(=O)=O)NO. The number of hydrogen-bond acceptors (Lipinski definition) is 6. The first kappa shape index (κ1) is 25.9. The lowest BCUT2D eigenvalue weighted by molar-refractivity contribution is -0.133. The van der Waals surface area contributed by atoms with Gasteiger partial charge in [0.15, 0.2) is 9.84 Å². The molecule has 1 aliphatic heterocycles. The van der Waals surface area contributed by atoms with Crippen LogP contribution < -0.4 is 5.48 Å². The van der Waals surface area contributed by atoms with Gasteiger partial charge in [0.2, 0.25) is 11.8 Å². The third-order valence-corrected chi connectivity index (χ3v) is 11.7. The van der Waals surface area contributed by atoms with Crippen molar-refractivity contribution in [3.05, 3.63) is 82.2 Å². The van der Waals surface area contributed by atoms with Gasteiger partial charge in [-0.2, -0.15) is 0 Å². The largest absolute Gasteiger partial charge is 0.341 e. The second-order valence-corrected chi connectivity index (χ2v) is 13.6. The Kier molecular flexibility index (Phi) is 6.91. The minimum Gasteiger partial charge on any atom is -0.341 e. The third-order valence-electron chi connectivity index (χ3n) is 7.54. The molecule has 1 saturated carbocycles. The van der Waals surface area contributed by atoms with E-state index < -0.39 is 32.3 Å². The zero-order valence-corrected chi connectivity index (χ0v) is 22.4. The molecule has 1 unspecified atom stereocenters. The van der Waals surface area contributed by atoms with E-state index in [0.29, 0.717) is 9.90 Å². The number of thiophene rings is 1. The van der Waals surface area contributed by atoms with Gasteiger partial charge >= 0.3 is 0 Å². The average molecular weight is 559 g/mol. The topological polar surface area (TPSA) is 104 Å². The molecule has 3 aromatic rings. The lowest BCUT2D eigenvalue weighted by Gasteiger charge is -2.31. The first-order chi connectivity index (χ1) is 17.7. The van der Waals surface area contributed by atoms with Crippen molar-refractivity contribution < 1.29 is 23.2 Å². The molecule has 0 bridgehead atoms. The van der Waals surface area contributed by atoms with Crippen LogP contribution in [0.5, 0.6) is 0 Å². The maximum atomic E-state index is 13.9. The van der Waals surface area contributed by atoms with Gasteiger partial charge in [0.05, 0.1) is 17.6 Å². The fraction of sp³-hybridized carbons (Fsp3) is 0.333. The number of amides is 2. The lowest BCUT2D eigenvalue weighted by atomic mass is 9.93. The van der Waals surface area contributed by atoms with Crippen molar-refractivity contribution in [3.8, 4) is 10.4 Å². The van der Waals surface area contributed by atoms with Gasteiger partial charge in [0, 0.05) is 27.9 Å². The summed E-state index contributed by atoms with van der Waals surface area (Å²) in [7, 11) is -3.89. The quantitative estimate of drug-likeness (QED) is 0.341. The number of carbonyl (C=O) groups excluding carboxylic acids is 2. The molecule has 10 heteroatoms. The van der Waals surface area contributed by atoms with Crippen molar-refractivity contribution in [1.82, 2.24) is 10.4 Å². The van der Waals surface area contributed by atoms with E-state index in [1.807, 2.05) is 48.5 Å². The molecule has 2 heterocycles. The number of nitrogens with zero attached hydrogens (tertiary/aromatic N) is 1. The molecule has 2 aromatic carbocycles. The number of carbonyl (C=O) groups is 2. The van der Waals surface area contributed by atoms with Crippen molar-refractivity contribution in [2.24, 2.45) is 0 Å². The number of hydrogen-bond donors (Lipinski definition) is 2. The summed E-state index contributed by atoms with van der Waals surface area (Å²) in [6, 6.07) is 20.4. The second kappa shape index (κ2) is 9.87. The van der Waals surface area contributed by atoms with E-state index >= 15 is 0 Å². The van der Waals surface area contributed by atoms with Gasteiger partial charge in [-0.3, -0.25) is 14.8 Å². The van der Waals surface area contributed by atoms with Crippen LogP contribution in [-0.2, 0) is 29.6 Å². The van der Waals surface area contributed by atoms with Crippen LogP contribution in [0.1, 0.15) is 36.1 Å². The predicted molar refractivity (Wildman–Crippen MR) is 143 cm³/mol. The molecule has 194 valence electrons. The van der Waals surface area contributed by atoms with E-state index in [-0.39, 0.29) is 31.2 Å². The molecule has 2 N–H and O–H groups in total. The summed E-state index contributed by atoms with van der Waals surface area (Å²) in [5.74, 6) is -1.12. The summed E-state index contributed by atoms with van der Waals surface area (Å²) >= 11 is 7.31. The number of rotatable bonds is 6. The van der Waals surface area contributed by atoms with E-state index in [2.05, 4.69) is 0 Å². The molecule has 1 aliphatic carbocycles. The number of nitrogens with one attached hydrogen (secondary N) is 1. The minimum absolute atomic E-state index is 0.0555. The molecule has 2 aliphatic rings. The Balaban J connectivity index is 1.49. The Morgan fingerprint density at radius 3 is 2.32 bits per heavy atom. The highest BCUT2D eigenvalue weighted by Crippen LogP contribution is 2.51. The van der Waals surface area contributed by atoms with Crippen LogP contribution >= 0.6 is 22.9 Å². The van der Waals surface area contributed by atoms with Gasteiger partial charge in [-0.05, 0) is 54.7 Å². The summed E-state index contributed by atoms with van der Waals surface area (Å²) in [6.07, 6.45) is 1.08. The standard InChI is InChI=1S/C27H27ClN2O5S2/c28-21-8-6-19(7-9-21)22-10-11-23(36-22)27(18-24(31)29-33)14-15-30(16-17-37(27,34)35)25(32)26(12-13-26)20-4-2-1-3-5-20/h1-11,33H,12-18H2,(H,29,31). The molecule has 0 spiro atoms. The number of benzene rings is 2. The summed E-state index contributed by atoms with van der Waals surface area (Å²) in [4.78, 5) is 29.1. The monoisotopic (exact) mass is 558 g/mol. The molecule has 7 nitrogen and oxygen atoms in total. The molecule has 1 atom stereocenters. The van der Waals surface area contributed by atoms with E-state index in [4.69, 9.17) is 11.6 Å². The molecule has 0 radical (unpaired) electrons. The first-order valence-corrected chi connectivity index (χ1v) is 14.9. The van der Waals surface area contributed by atoms with Crippen molar-refractivity contribution in [2.75, 3.05) is 18.8 Å². The fourth-order valence-corrected chi connectivity index (χ4v) is 8.97. The van der Waals surface area contributed by atoms with Gasteiger partial charge in [-0.15, -0.1) is 11.3 Å². The van der Waals surface area contributed by atoms with Crippen molar-refractivity contribution in [2.45, 2.75) is 35.8 Å². The Morgan fingerprint density at radius 2 is 1.68 bits per heavy atom. The number of hydroxylamine groups is 1. The minimum atomic E-state index is -3.89. The molecular weight excluding hydrogens is 532 g/mol. The summed E-state index contributed by atoms with van der Waals surface area (Å²) in [5.41, 5.74) is 2.83. The summed E-state index contributed by atoms with van der Waals surface area (Å²) < 4.78 is 26.2. The van der Waals surface area contributed by atoms with Gasteiger partial charge in [-0.25, -0.2) is 13.9 Å². The van der Waals surface area contributed by atoms with Crippen LogP contribution in [-0.4, -0.2) is 49.2 Å². The van der Waals surface area contributed by atoms with E-state index in [1.165, 1.54) is 11.3 Å². The van der Waals surface area contributed by atoms with Crippen LogP contribution in [0.4, 0.5) is 0 Å². The van der Waals surface area contributed by atoms with Crippen molar-refractivity contribution in [1.29, 1.82) is 0 Å². The normalized spacial score (nSPS) is 22.2. The van der Waals surface area contributed by atoms with E-state index in [9.17, 15) is 23.2 Å². The van der Waals surface area contributed by atoms with Crippen LogP contribution in [0, 0.1) is 0 Å². The van der Waals surface area contributed by atoms with Crippen LogP contribution in [0.25, 0.3) is 10.4 Å². The molecule has 2 fully saturated rings. The Bertz CT molecular complexity index is 1420. The highest BCUT2D eigenvalue weighted by atomic mass is 35.5. The Labute approximate surface area is 224 Å². The first-order valence-electron chi connectivity index (χ1n) is 12.1. The average Bonchev–Trinajstić information content (AvgIpc) is 3.60. The third kappa shape index (κ3) is 4.69. The van der Waals surface area contributed by atoms with E-state index in [0.717, 1.165) is 28.8 Å². The molecule has 1 aromatic heterocycles. The Morgan fingerprint density at radius 1 is 0.973 bits per heavy atom.